The molecule has 0 saturated heterocycles. The number of fused-ring (bicyclic) bond motifs is 1. The van der Waals surface area contributed by atoms with Gasteiger partial charge in [-0.3, -0.25) is 5.10 Å². The van der Waals surface area contributed by atoms with Gasteiger partial charge in [0.1, 0.15) is 0 Å². The third-order valence-electron chi connectivity index (χ3n) is 2.60. The van der Waals surface area contributed by atoms with Crippen molar-refractivity contribution in [3.63, 3.8) is 0 Å². The maximum atomic E-state index is 8.16. The van der Waals surface area contributed by atoms with E-state index in [0.29, 0.717) is 6.54 Å². The summed E-state index contributed by atoms with van der Waals surface area (Å²) in [7, 11) is 0. The van der Waals surface area contributed by atoms with Crippen LogP contribution in [-0.4, -0.2) is 16.7 Å². The van der Waals surface area contributed by atoms with Crippen molar-refractivity contribution in [1.29, 1.82) is 0 Å². The molecule has 0 fully saturated rings. The standard InChI is InChI=1S/C11H13N5/c1-8-10-7-9(3-2-6-13-16-12)4-5-11(10)15-14-8/h4-5,7H,2-3,6H2,1H3,(H,14,15). The van der Waals surface area contributed by atoms with Gasteiger partial charge in [-0.25, -0.2) is 0 Å². The number of hydrogen-bond acceptors (Lipinski definition) is 2. The van der Waals surface area contributed by atoms with Gasteiger partial charge in [-0.15, -0.1) is 0 Å². The second-order valence-electron chi connectivity index (χ2n) is 3.76. The van der Waals surface area contributed by atoms with E-state index >= 15 is 0 Å². The fraction of sp³-hybridized carbons (Fsp3) is 0.364. The van der Waals surface area contributed by atoms with Gasteiger partial charge in [0.05, 0.1) is 5.52 Å². The molecule has 0 aliphatic rings. The van der Waals surface area contributed by atoms with Gasteiger partial charge >= 0.3 is 0 Å². The summed E-state index contributed by atoms with van der Waals surface area (Å²) in [6, 6.07) is 6.23. The molecule has 0 amide bonds. The number of H-pyrrole nitrogens is 1. The Labute approximate surface area is 93.1 Å². The van der Waals surface area contributed by atoms with Crippen LogP contribution in [0.3, 0.4) is 0 Å². The first-order valence-corrected chi connectivity index (χ1v) is 5.26. The number of nitrogens with zero attached hydrogens (tertiary/aromatic N) is 4. The molecule has 2 aromatic rings. The lowest BCUT2D eigenvalue weighted by Gasteiger charge is -1.99. The van der Waals surface area contributed by atoms with E-state index in [-0.39, 0.29) is 0 Å². The molecule has 0 unspecified atom stereocenters. The van der Waals surface area contributed by atoms with Crippen LogP contribution in [-0.2, 0) is 6.42 Å². The molecule has 1 aromatic carbocycles. The predicted octanol–water partition coefficient (Wildman–Crippen LogP) is 3.11. The minimum atomic E-state index is 0.554. The molecule has 1 heterocycles. The molecule has 16 heavy (non-hydrogen) atoms. The zero-order valence-corrected chi connectivity index (χ0v) is 9.14. The Morgan fingerprint density at radius 2 is 2.38 bits per heavy atom. The summed E-state index contributed by atoms with van der Waals surface area (Å²) >= 11 is 0. The van der Waals surface area contributed by atoms with Crippen LogP contribution < -0.4 is 0 Å². The molecule has 0 saturated carbocycles. The van der Waals surface area contributed by atoms with E-state index in [9.17, 15) is 0 Å². The zero-order valence-electron chi connectivity index (χ0n) is 9.14. The molecule has 2 rings (SSSR count). The van der Waals surface area contributed by atoms with Crippen LogP contribution in [0.5, 0.6) is 0 Å². The molecular formula is C11H13N5. The van der Waals surface area contributed by atoms with Crippen molar-refractivity contribution in [3.05, 3.63) is 39.9 Å². The first-order chi connectivity index (χ1) is 7.81. The topological polar surface area (TPSA) is 77.4 Å². The minimum Gasteiger partial charge on any atom is -0.282 e. The number of aromatic nitrogens is 2. The third-order valence-corrected chi connectivity index (χ3v) is 2.60. The second-order valence-corrected chi connectivity index (χ2v) is 3.76. The number of hydrogen-bond donors (Lipinski definition) is 1. The summed E-state index contributed by atoms with van der Waals surface area (Å²) in [5.74, 6) is 0. The number of azide groups is 1. The highest BCUT2D eigenvalue weighted by molar-refractivity contribution is 5.81. The van der Waals surface area contributed by atoms with Gasteiger partial charge < -0.3 is 0 Å². The fourth-order valence-corrected chi connectivity index (χ4v) is 1.74. The van der Waals surface area contributed by atoms with Gasteiger partial charge in [-0.05, 0) is 43.0 Å². The van der Waals surface area contributed by atoms with Crippen molar-refractivity contribution in [2.75, 3.05) is 6.54 Å². The van der Waals surface area contributed by atoms with Crippen LogP contribution in [0.4, 0.5) is 0 Å². The lowest BCUT2D eigenvalue weighted by atomic mass is 10.1. The van der Waals surface area contributed by atoms with Crippen LogP contribution in [0.25, 0.3) is 21.3 Å². The molecule has 0 atom stereocenters. The summed E-state index contributed by atoms with van der Waals surface area (Å²) in [4.78, 5) is 2.73. The molecule has 0 aliphatic heterocycles. The lowest BCUT2D eigenvalue weighted by molar-refractivity contribution is 0.828. The Hall–Kier alpha value is -2.00. The molecule has 1 aromatic heterocycles. The summed E-state index contributed by atoms with van der Waals surface area (Å²) in [6.07, 6.45) is 1.81. The average Bonchev–Trinajstić information content (AvgIpc) is 2.67. The Kier molecular flexibility index (Phi) is 3.08. The van der Waals surface area contributed by atoms with Crippen LogP contribution in [0.15, 0.2) is 23.3 Å². The average molecular weight is 215 g/mol. The van der Waals surface area contributed by atoms with Crippen molar-refractivity contribution >= 4 is 10.9 Å². The van der Waals surface area contributed by atoms with E-state index in [4.69, 9.17) is 5.53 Å². The van der Waals surface area contributed by atoms with E-state index in [1.165, 1.54) is 10.9 Å². The van der Waals surface area contributed by atoms with Gasteiger partial charge in [-0.2, -0.15) is 5.10 Å². The van der Waals surface area contributed by atoms with Gasteiger partial charge in [0.25, 0.3) is 0 Å². The summed E-state index contributed by atoms with van der Waals surface area (Å²) in [5.41, 5.74) is 11.5. The Bertz CT molecular complexity index is 536. The molecule has 82 valence electrons. The van der Waals surface area contributed by atoms with Crippen LogP contribution in [0.1, 0.15) is 17.7 Å². The molecule has 0 radical (unpaired) electrons. The Balaban J connectivity index is 2.12. The Morgan fingerprint density at radius 1 is 1.50 bits per heavy atom. The van der Waals surface area contributed by atoms with Crippen molar-refractivity contribution in [2.45, 2.75) is 19.8 Å². The normalized spacial score (nSPS) is 10.3. The van der Waals surface area contributed by atoms with Gasteiger partial charge in [0.2, 0.25) is 0 Å². The smallest absolute Gasteiger partial charge is 0.0923 e. The molecular weight excluding hydrogens is 202 g/mol. The highest BCUT2D eigenvalue weighted by atomic mass is 15.1. The highest BCUT2D eigenvalue weighted by Gasteiger charge is 2.01. The van der Waals surface area contributed by atoms with Crippen molar-refractivity contribution < 1.29 is 0 Å². The highest BCUT2D eigenvalue weighted by Crippen LogP contribution is 2.17. The first kappa shape index (κ1) is 10.5. The Morgan fingerprint density at radius 3 is 3.19 bits per heavy atom. The summed E-state index contributed by atoms with van der Waals surface area (Å²) in [5, 5.41) is 11.8. The van der Waals surface area contributed by atoms with Crippen LogP contribution in [0.2, 0.25) is 0 Å². The second kappa shape index (κ2) is 4.68. The van der Waals surface area contributed by atoms with E-state index in [2.05, 4.69) is 32.4 Å². The maximum absolute atomic E-state index is 8.16. The zero-order chi connectivity index (χ0) is 11.4. The molecule has 5 nitrogen and oxygen atoms in total. The van der Waals surface area contributed by atoms with Gasteiger partial charge in [0.15, 0.2) is 0 Å². The van der Waals surface area contributed by atoms with Gasteiger partial charge in [0, 0.05) is 22.5 Å². The maximum Gasteiger partial charge on any atom is 0.0923 e. The fourth-order valence-electron chi connectivity index (χ4n) is 1.74. The van der Waals surface area contributed by atoms with Crippen LogP contribution in [0, 0.1) is 6.92 Å². The SMILES string of the molecule is Cc1[nH]nc2ccc(CCCN=[N+]=[N-])cc12. The number of aryl methyl sites for hydroxylation is 2. The van der Waals surface area contributed by atoms with E-state index < -0.39 is 0 Å². The van der Waals surface area contributed by atoms with E-state index in [1.54, 1.807) is 0 Å². The molecule has 0 spiro atoms. The summed E-state index contributed by atoms with van der Waals surface area (Å²) in [6.45, 7) is 2.57. The first-order valence-electron chi connectivity index (χ1n) is 5.26. The minimum absolute atomic E-state index is 0.554. The molecule has 0 bridgehead atoms. The number of nitrogens with one attached hydrogen (secondary N) is 1. The molecule has 5 heteroatoms. The number of rotatable bonds is 4. The van der Waals surface area contributed by atoms with E-state index in [0.717, 1.165) is 24.1 Å². The molecule has 0 aliphatic carbocycles. The predicted molar refractivity (Wildman–Crippen MR) is 63.2 cm³/mol. The monoisotopic (exact) mass is 215 g/mol. The summed E-state index contributed by atoms with van der Waals surface area (Å²) < 4.78 is 0. The van der Waals surface area contributed by atoms with Crippen LogP contribution >= 0.6 is 0 Å². The lowest BCUT2D eigenvalue weighted by Crippen LogP contribution is -1.87. The number of aromatic amines is 1. The number of benzene rings is 1. The molecule has 1 N–H and O–H groups in total. The largest absolute Gasteiger partial charge is 0.282 e. The van der Waals surface area contributed by atoms with Crippen molar-refractivity contribution in [1.82, 2.24) is 10.2 Å². The van der Waals surface area contributed by atoms with Gasteiger partial charge in [-0.1, -0.05) is 11.2 Å². The quantitative estimate of drug-likeness (QED) is 0.361. The van der Waals surface area contributed by atoms with E-state index in [1.807, 2.05) is 13.0 Å². The van der Waals surface area contributed by atoms with Crippen molar-refractivity contribution in [2.24, 2.45) is 5.11 Å². The van der Waals surface area contributed by atoms with Crippen molar-refractivity contribution in [3.8, 4) is 0 Å². The third kappa shape index (κ3) is 2.15.